The van der Waals surface area contributed by atoms with Crippen molar-refractivity contribution in [1.29, 1.82) is 0 Å². The second-order valence-electron chi connectivity index (χ2n) is 7.53. The number of carbonyl (C=O) groups excluding carboxylic acids is 2. The van der Waals surface area contributed by atoms with Gasteiger partial charge in [-0.05, 0) is 36.0 Å². The van der Waals surface area contributed by atoms with Gasteiger partial charge in [-0.3, -0.25) is 10.0 Å². The van der Waals surface area contributed by atoms with Crippen LogP contribution in [0.3, 0.4) is 0 Å². The van der Waals surface area contributed by atoms with Gasteiger partial charge in [-0.2, -0.15) is 0 Å². The number of amides is 2. The molecule has 0 aromatic heterocycles. The number of aliphatic carboxylic acids is 1. The van der Waals surface area contributed by atoms with E-state index in [1.54, 1.807) is 0 Å². The van der Waals surface area contributed by atoms with Crippen molar-refractivity contribution in [3.8, 4) is 0 Å². The molecule has 0 bridgehead atoms. The number of carbonyl (C=O) groups is 3. The van der Waals surface area contributed by atoms with Crippen LogP contribution in [0.25, 0.3) is 0 Å². The Morgan fingerprint density at radius 3 is 2.21 bits per heavy atom. The van der Waals surface area contributed by atoms with E-state index >= 15 is 0 Å². The van der Waals surface area contributed by atoms with Crippen molar-refractivity contribution in [1.82, 2.24) is 10.4 Å². The van der Waals surface area contributed by atoms with Crippen molar-refractivity contribution in [3.63, 3.8) is 0 Å². The maximum Gasteiger partial charge on any atom is 0.407 e. The highest BCUT2D eigenvalue weighted by molar-refractivity contribution is 5.93. The van der Waals surface area contributed by atoms with Crippen LogP contribution < -0.4 is 5.32 Å². The monoisotopic (exact) mass is 454 g/mol. The van der Waals surface area contributed by atoms with Crippen LogP contribution in [0.5, 0.6) is 0 Å². The Labute approximate surface area is 193 Å². The zero-order valence-electron chi connectivity index (χ0n) is 18.5. The van der Waals surface area contributed by atoms with Gasteiger partial charge in [-0.25, -0.2) is 14.7 Å². The summed E-state index contributed by atoms with van der Waals surface area (Å²) in [5, 5.41) is 21.3. The number of carboxylic acids is 1. The Hall–Kier alpha value is -3.65. The van der Waals surface area contributed by atoms with Crippen LogP contribution in [-0.2, 0) is 33.9 Å². The molecule has 2 rings (SSSR count). The summed E-state index contributed by atoms with van der Waals surface area (Å²) in [5.74, 6) is -1.98. The molecule has 0 saturated heterocycles. The second-order valence-corrected chi connectivity index (χ2v) is 7.53. The highest BCUT2D eigenvalue weighted by atomic mass is 16.5. The first kappa shape index (κ1) is 25.6. The van der Waals surface area contributed by atoms with Gasteiger partial charge in [0, 0.05) is 25.2 Å². The van der Waals surface area contributed by atoms with Gasteiger partial charge in [0.05, 0.1) is 0 Å². The van der Waals surface area contributed by atoms with Crippen molar-refractivity contribution in [3.05, 3.63) is 83.4 Å². The number of nitrogens with one attached hydrogen (secondary N) is 1. The summed E-state index contributed by atoms with van der Waals surface area (Å²) in [4.78, 5) is 33.6. The number of ether oxygens (including phenoxy) is 1. The average molecular weight is 455 g/mol. The number of carboxylic acid groups (broad SMARTS) is 1. The van der Waals surface area contributed by atoms with Crippen LogP contribution in [0.15, 0.2) is 66.7 Å². The molecular weight excluding hydrogens is 424 g/mol. The van der Waals surface area contributed by atoms with E-state index in [0.717, 1.165) is 42.9 Å². The van der Waals surface area contributed by atoms with Gasteiger partial charge in [0.1, 0.15) is 6.61 Å². The molecule has 8 nitrogen and oxygen atoms in total. The summed E-state index contributed by atoms with van der Waals surface area (Å²) in [7, 11) is 0. The van der Waals surface area contributed by atoms with Crippen molar-refractivity contribution in [2.75, 3.05) is 6.54 Å². The van der Waals surface area contributed by atoms with Crippen molar-refractivity contribution in [2.24, 2.45) is 0 Å². The Morgan fingerprint density at radius 2 is 1.52 bits per heavy atom. The third-order valence-electron chi connectivity index (χ3n) is 4.88. The molecule has 0 heterocycles. The molecule has 0 aliphatic heterocycles. The number of benzene rings is 2. The molecule has 0 aliphatic carbocycles. The molecule has 0 atom stereocenters. The molecule has 33 heavy (non-hydrogen) atoms. The average Bonchev–Trinajstić information content (AvgIpc) is 2.83. The highest BCUT2D eigenvalue weighted by Crippen LogP contribution is 2.11. The summed E-state index contributed by atoms with van der Waals surface area (Å²) in [5.41, 5.74) is 3.11. The first-order chi connectivity index (χ1) is 15.9. The van der Waals surface area contributed by atoms with E-state index in [0.29, 0.717) is 24.1 Å². The van der Waals surface area contributed by atoms with E-state index in [9.17, 15) is 19.6 Å². The SMILES string of the molecule is O=C(O)/C=C/C(=O)N(O)CCCCCCc1ccc(COC(=O)NCc2ccccc2)cc1. The number of hydrogen-bond donors (Lipinski definition) is 3. The molecule has 0 saturated carbocycles. The quantitative estimate of drug-likeness (QED) is 0.182. The van der Waals surface area contributed by atoms with E-state index in [4.69, 9.17) is 9.84 Å². The number of hydroxylamine groups is 2. The summed E-state index contributed by atoms with van der Waals surface area (Å²) in [6.07, 6.45) is 5.36. The number of aryl methyl sites for hydroxylation is 1. The molecule has 0 aliphatic rings. The number of alkyl carbamates (subject to hydrolysis) is 1. The summed E-state index contributed by atoms with van der Waals surface area (Å²) in [6.45, 7) is 0.794. The van der Waals surface area contributed by atoms with Crippen molar-refractivity contribution >= 4 is 18.0 Å². The minimum atomic E-state index is -1.23. The van der Waals surface area contributed by atoms with Gasteiger partial charge in [0.15, 0.2) is 0 Å². The lowest BCUT2D eigenvalue weighted by molar-refractivity contribution is -0.159. The van der Waals surface area contributed by atoms with E-state index in [1.807, 2.05) is 54.6 Å². The maximum absolute atomic E-state index is 11.8. The molecule has 176 valence electrons. The van der Waals surface area contributed by atoms with Crippen LogP contribution in [-0.4, -0.2) is 39.9 Å². The minimum Gasteiger partial charge on any atom is -0.478 e. The zero-order valence-corrected chi connectivity index (χ0v) is 18.5. The molecule has 0 unspecified atom stereocenters. The largest absolute Gasteiger partial charge is 0.478 e. The van der Waals surface area contributed by atoms with Gasteiger partial charge in [-0.15, -0.1) is 0 Å². The lowest BCUT2D eigenvalue weighted by atomic mass is 10.0. The fourth-order valence-corrected chi connectivity index (χ4v) is 3.06. The number of rotatable bonds is 13. The van der Waals surface area contributed by atoms with E-state index in [2.05, 4.69) is 5.32 Å². The third kappa shape index (κ3) is 11.0. The lowest BCUT2D eigenvalue weighted by Crippen LogP contribution is -2.26. The van der Waals surface area contributed by atoms with E-state index in [-0.39, 0.29) is 13.2 Å². The fourth-order valence-electron chi connectivity index (χ4n) is 3.06. The van der Waals surface area contributed by atoms with Crippen molar-refractivity contribution in [2.45, 2.75) is 45.3 Å². The number of nitrogens with zero attached hydrogens (tertiary/aromatic N) is 1. The van der Waals surface area contributed by atoms with Gasteiger partial charge in [-0.1, -0.05) is 67.4 Å². The topological polar surface area (TPSA) is 116 Å². The lowest BCUT2D eigenvalue weighted by Gasteiger charge is -2.12. The Bertz CT molecular complexity index is 912. The van der Waals surface area contributed by atoms with Gasteiger partial charge >= 0.3 is 12.1 Å². The summed E-state index contributed by atoms with van der Waals surface area (Å²) < 4.78 is 5.25. The predicted octanol–water partition coefficient (Wildman–Crippen LogP) is 4.07. The van der Waals surface area contributed by atoms with Crippen LogP contribution in [0, 0.1) is 0 Å². The van der Waals surface area contributed by atoms with Crippen molar-refractivity contribution < 1.29 is 29.4 Å². The normalized spacial score (nSPS) is 10.7. The Morgan fingerprint density at radius 1 is 0.848 bits per heavy atom. The number of unbranched alkanes of at least 4 members (excludes halogenated alkanes) is 3. The second kappa shape index (κ2) is 14.4. The molecule has 3 N–H and O–H groups in total. The minimum absolute atomic E-state index is 0.163. The van der Waals surface area contributed by atoms with E-state index < -0.39 is 18.0 Å². The highest BCUT2D eigenvalue weighted by Gasteiger charge is 2.07. The molecule has 2 aromatic rings. The molecule has 0 spiro atoms. The Kier molecular flexibility index (Phi) is 11.2. The Balaban J connectivity index is 1.56. The van der Waals surface area contributed by atoms with Crippen LogP contribution >= 0.6 is 0 Å². The van der Waals surface area contributed by atoms with Crippen LogP contribution in [0.1, 0.15) is 42.4 Å². The molecule has 2 amide bonds. The predicted molar refractivity (Wildman–Crippen MR) is 122 cm³/mol. The van der Waals surface area contributed by atoms with Gasteiger partial charge in [0.2, 0.25) is 0 Å². The smallest absolute Gasteiger partial charge is 0.407 e. The van der Waals surface area contributed by atoms with Gasteiger partial charge < -0.3 is 15.2 Å². The molecule has 2 aromatic carbocycles. The van der Waals surface area contributed by atoms with E-state index in [1.165, 1.54) is 5.56 Å². The maximum atomic E-state index is 11.8. The molecular formula is C25H30N2O6. The first-order valence-corrected chi connectivity index (χ1v) is 10.9. The summed E-state index contributed by atoms with van der Waals surface area (Å²) in [6, 6.07) is 17.5. The first-order valence-electron chi connectivity index (χ1n) is 10.9. The molecule has 0 fully saturated rings. The summed E-state index contributed by atoms with van der Waals surface area (Å²) >= 11 is 0. The standard InChI is InChI=1S/C25H30N2O6/c28-23(15-16-24(29)30)27(32)17-7-2-1-4-8-20-11-13-22(14-12-20)19-33-25(31)26-18-21-9-5-3-6-10-21/h3,5-6,9-16,32H,1-2,4,7-8,17-19H2,(H,26,31)(H,29,30)/b16-15+. The molecule has 8 heteroatoms. The van der Waals surface area contributed by atoms with Crippen LogP contribution in [0.2, 0.25) is 0 Å². The van der Waals surface area contributed by atoms with Crippen LogP contribution in [0.4, 0.5) is 4.79 Å². The fraction of sp³-hybridized carbons (Fsp3) is 0.320. The third-order valence-corrected chi connectivity index (χ3v) is 4.88. The zero-order chi connectivity index (χ0) is 23.9. The number of hydrogen-bond acceptors (Lipinski definition) is 5. The molecule has 0 radical (unpaired) electrons. The van der Waals surface area contributed by atoms with Gasteiger partial charge in [0.25, 0.3) is 5.91 Å².